The number of nitrogens with one attached hydrogen (secondary N) is 2. The van der Waals surface area contributed by atoms with Crippen molar-refractivity contribution in [2.24, 2.45) is 0 Å². The highest BCUT2D eigenvalue weighted by Crippen LogP contribution is 2.32. The Morgan fingerprint density at radius 2 is 1.95 bits per heavy atom. The molecular weight excluding hydrogens is 276 g/mol. The molecule has 1 aromatic rings. The van der Waals surface area contributed by atoms with Crippen molar-refractivity contribution in [3.8, 4) is 0 Å². The number of rotatable bonds is 4. The number of carbonyl (C=O) groups excluding carboxylic acids is 1. The molecule has 0 aromatic heterocycles. The van der Waals surface area contributed by atoms with Gasteiger partial charge in [0.1, 0.15) is 0 Å². The van der Waals surface area contributed by atoms with Gasteiger partial charge in [0.05, 0.1) is 13.2 Å². The molecule has 1 heterocycles. The van der Waals surface area contributed by atoms with Gasteiger partial charge in [-0.1, -0.05) is 30.3 Å². The summed E-state index contributed by atoms with van der Waals surface area (Å²) in [4.78, 5) is 12.1. The zero-order valence-corrected chi connectivity index (χ0v) is 13.1. The van der Waals surface area contributed by atoms with Crippen LogP contribution in [0, 0.1) is 0 Å². The third kappa shape index (κ3) is 4.31. The van der Waals surface area contributed by atoms with Gasteiger partial charge in [0, 0.05) is 25.0 Å². The van der Waals surface area contributed by atoms with E-state index in [4.69, 9.17) is 4.74 Å². The first-order chi connectivity index (χ1) is 10.8. The monoisotopic (exact) mass is 302 g/mol. The first kappa shape index (κ1) is 15.5. The maximum Gasteiger partial charge on any atom is 0.221 e. The number of amides is 1. The van der Waals surface area contributed by atoms with Crippen molar-refractivity contribution in [3.05, 3.63) is 35.9 Å². The van der Waals surface area contributed by atoms with Crippen LogP contribution in [0.25, 0.3) is 0 Å². The molecule has 3 rings (SSSR count). The molecule has 1 aliphatic carbocycles. The van der Waals surface area contributed by atoms with Gasteiger partial charge in [0.15, 0.2) is 0 Å². The number of ether oxygens (including phenoxy) is 1. The van der Waals surface area contributed by atoms with Crippen LogP contribution in [0.3, 0.4) is 0 Å². The van der Waals surface area contributed by atoms with E-state index in [0.717, 1.165) is 26.0 Å². The van der Waals surface area contributed by atoms with Crippen molar-refractivity contribution in [2.75, 3.05) is 19.8 Å². The number of hydrogen-bond acceptors (Lipinski definition) is 3. The third-order valence-electron chi connectivity index (χ3n) is 4.79. The van der Waals surface area contributed by atoms with E-state index in [-0.39, 0.29) is 11.9 Å². The molecule has 1 aromatic carbocycles. The van der Waals surface area contributed by atoms with E-state index in [1.165, 1.54) is 18.4 Å². The lowest BCUT2D eigenvalue weighted by Crippen LogP contribution is -2.46. The van der Waals surface area contributed by atoms with Crippen LogP contribution in [0.15, 0.2) is 30.3 Å². The van der Waals surface area contributed by atoms with Crippen LogP contribution in [0.2, 0.25) is 0 Å². The summed E-state index contributed by atoms with van der Waals surface area (Å²) < 4.78 is 5.39. The van der Waals surface area contributed by atoms with Crippen LogP contribution in [0.5, 0.6) is 0 Å². The van der Waals surface area contributed by atoms with Crippen LogP contribution < -0.4 is 10.6 Å². The van der Waals surface area contributed by atoms with E-state index in [2.05, 4.69) is 41.0 Å². The summed E-state index contributed by atoms with van der Waals surface area (Å²) in [5.74, 6) is 0.814. The zero-order valence-electron chi connectivity index (χ0n) is 13.1. The maximum atomic E-state index is 12.1. The molecule has 2 fully saturated rings. The van der Waals surface area contributed by atoms with Gasteiger partial charge < -0.3 is 15.4 Å². The topological polar surface area (TPSA) is 50.4 Å². The number of morpholine rings is 1. The molecule has 1 unspecified atom stereocenters. The fraction of sp³-hybridized carbons (Fsp3) is 0.611. The van der Waals surface area contributed by atoms with Gasteiger partial charge in [-0.3, -0.25) is 4.79 Å². The number of benzene rings is 1. The van der Waals surface area contributed by atoms with Crippen LogP contribution in [-0.2, 0) is 9.53 Å². The van der Waals surface area contributed by atoms with Crippen molar-refractivity contribution in [1.82, 2.24) is 10.6 Å². The van der Waals surface area contributed by atoms with Crippen LogP contribution in [-0.4, -0.2) is 37.7 Å². The Morgan fingerprint density at radius 1 is 1.18 bits per heavy atom. The molecule has 4 heteroatoms. The first-order valence-electron chi connectivity index (χ1n) is 8.46. The van der Waals surface area contributed by atoms with Crippen LogP contribution in [0.1, 0.15) is 43.6 Å². The molecule has 1 amide bonds. The molecule has 2 N–H and O–H groups in total. The van der Waals surface area contributed by atoms with E-state index in [9.17, 15) is 4.79 Å². The standard InChI is InChI=1S/C18H26N2O2/c21-18(12-17-13-22-11-10-19-17)20-16-8-6-15(7-9-16)14-4-2-1-3-5-14/h1-5,15-17,19H,6-13H2,(H,20,21). The van der Waals surface area contributed by atoms with Crippen molar-refractivity contribution in [2.45, 2.75) is 50.1 Å². The summed E-state index contributed by atoms with van der Waals surface area (Å²) in [5.41, 5.74) is 1.44. The Bertz CT molecular complexity index is 463. The lowest BCUT2D eigenvalue weighted by Gasteiger charge is -2.30. The second-order valence-corrected chi connectivity index (χ2v) is 6.46. The molecule has 22 heavy (non-hydrogen) atoms. The van der Waals surface area contributed by atoms with E-state index < -0.39 is 0 Å². The quantitative estimate of drug-likeness (QED) is 0.896. The van der Waals surface area contributed by atoms with Gasteiger partial charge in [-0.05, 0) is 37.2 Å². The summed E-state index contributed by atoms with van der Waals surface area (Å²) in [6.07, 6.45) is 5.03. The fourth-order valence-electron chi connectivity index (χ4n) is 3.56. The van der Waals surface area contributed by atoms with Gasteiger partial charge in [0.25, 0.3) is 0 Å². The smallest absolute Gasteiger partial charge is 0.221 e. The minimum absolute atomic E-state index is 0.158. The lowest BCUT2D eigenvalue weighted by atomic mass is 9.82. The van der Waals surface area contributed by atoms with Gasteiger partial charge in [-0.25, -0.2) is 0 Å². The highest BCUT2D eigenvalue weighted by Gasteiger charge is 2.24. The maximum absolute atomic E-state index is 12.1. The Morgan fingerprint density at radius 3 is 2.64 bits per heavy atom. The summed E-state index contributed by atoms with van der Waals surface area (Å²) in [6, 6.07) is 11.3. The molecule has 1 aliphatic heterocycles. The number of hydrogen-bond donors (Lipinski definition) is 2. The largest absolute Gasteiger partial charge is 0.378 e. The number of carbonyl (C=O) groups is 1. The van der Waals surface area contributed by atoms with E-state index in [1.807, 2.05) is 0 Å². The molecule has 1 saturated heterocycles. The Balaban J connectivity index is 1.41. The summed E-state index contributed by atoms with van der Waals surface area (Å²) in [6.45, 7) is 2.25. The second kappa shape index (κ2) is 7.75. The average Bonchev–Trinajstić information content (AvgIpc) is 2.57. The first-order valence-corrected chi connectivity index (χ1v) is 8.46. The van der Waals surface area contributed by atoms with E-state index in [1.54, 1.807) is 0 Å². The third-order valence-corrected chi connectivity index (χ3v) is 4.79. The predicted octanol–water partition coefficient (Wildman–Crippen LogP) is 2.21. The fourth-order valence-corrected chi connectivity index (χ4v) is 3.56. The van der Waals surface area contributed by atoms with E-state index >= 15 is 0 Å². The van der Waals surface area contributed by atoms with Crippen LogP contribution >= 0.6 is 0 Å². The molecule has 0 bridgehead atoms. The Hall–Kier alpha value is -1.39. The van der Waals surface area contributed by atoms with Crippen LogP contribution in [0.4, 0.5) is 0 Å². The molecule has 1 atom stereocenters. The van der Waals surface area contributed by atoms with Crippen molar-refractivity contribution >= 4 is 5.91 Å². The molecule has 4 nitrogen and oxygen atoms in total. The predicted molar refractivity (Wildman–Crippen MR) is 86.8 cm³/mol. The molecule has 2 aliphatic rings. The lowest BCUT2D eigenvalue weighted by molar-refractivity contribution is -0.123. The Labute approximate surface area is 132 Å². The minimum Gasteiger partial charge on any atom is -0.378 e. The normalized spacial score (nSPS) is 29.0. The van der Waals surface area contributed by atoms with Crippen molar-refractivity contribution < 1.29 is 9.53 Å². The van der Waals surface area contributed by atoms with E-state index in [0.29, 0.717) is 25.0 Å². The second-order valence-electron chi connectivity index (χ2n) is 6.46. The van der Waals surface area contributed by atoms with Gasteiger partial charge in [-0.15, -0.1) is 0 Å². The van der Waals surface area contributed by atoms with Gasteiger partial charge in [0.2, 0.25) is 5.91 Å². The van der Waals surface area contributed by atoms with Crippen molar-refractivity contribution in [3.63, 3.8) is 0 Å². The van der Waals surface area contributed by atoms with Gasteiger partial charge in [-0.2, -0.15) is 0 Å². The zero-order chi connectivity index (χ0) is 15.2. The SMILES string of the molecule is O=C(CC1COCCN1)NC1CCC(c2ccccc2)CC1. The molecular formula is C18H26N2O2. The summed E-state index contributed by atoms with van der Waals surface area (Å²) in [5, 5.41) is 6.53. The minimum atomic E-state index is 0.158. The molecule has 0 radical (unpaired) electrons. The molecule has 0 spiro atoms. The Kier molecular flexibility index (Phi) is 5.46. The molecule has 120 valence electrons. The van der Waals surface area contributed by atoms with Crippen molar-refractivity contribution in [1.29, 1.82) is 0 Å². The average molecular weight is 302 g/mol. The molecule has 1 saturated carbocycles. The van der Waals surface area contributed by atoms with Gasteiger partial charge >= 0.3 is 0 Å². The summed E-state index contributed by atoms with van der Waals surface area (Å²) >= 11 is 0. The summed E-state index contributed by atoms with van der Waals surface area (Å²) in [7, 11) is 0. The highest BCUT2D eigenvalue weighted by molar-refractivity contribution is 5.76. The highest BCUT2D eigenvalue weighted by atomic mass is 16.5.